The molecule has 8 heteroatoms. The van der Waals surface area contributed by atoms with E-state index in [2.05, 4.69) is 5.32 Å². The van der Waals surface area contributed by atoms with E-state index in [4.69, 9.17) is 23.2 Å². The van der Waals surface area contributed by atoms with Crippen LogP contribution in [-0.2, 0) is 27.7 Å². The van der Waals surface area contributed by atoms with Crippen LogP contribution < -0.4 is 9.62 Å². The summed E-state index contributed by atoms with van der Waals surface area (Å²) in [7, 11) is -3.75. The summed E-state index contributed by atoms with van der Waals surface area (Å²) in [5.74, 6) is -0.452. The molecule has 0 heterocycles. The number of hydrogen-bond donors (Lipinski definition) is 1. The Morgan fingerprint density at radius 1 is 1.07 bits per heavy atom. The van der Waals surface area contributed by atoms with Crippen molar-refractivity contribution < 1.29 is 13.2 Å². The van der Waals surface area contributed by atoms with Crippen LogP contribution in [0.4, 0.5) is 11.4 Å². The van der Waals surface area contributed by atoms with Crippen molar-refractivity contribution in [3.05, 3.63) is 57.6 Å². The van der Waals surface area contributed by atoms with Gasteiger partial charge in [0.05, 0.1) is 17.0 Å². The molecule has 0 aliphatic rings. The van der Waals surface area contributed by atoms with E-state index >= 15 is 0 Å². The summed E-state index contributed by atoms with van der Waals surface area (Å²) in [5, 5.41) is 3.39. The predicted octanol–water partition coefficient (Wildman–Crippen LogP) is 4.52. The largest absolute Gasteiger partial charge is 0.324 e. The van der Waals surface area contributed by atoms with Gasteiger partial charge in [0.25, 0.3) is 0 Å². The smallest absolute Gasteiger partial charge is 0.245 e. The highest BCUT2D eigenvalue weighted by atomic mass is 35.5. The van der Waals surface area contributed by atoms with Gasteiger partial charge in [0.1, 0.15) is 6.54 Å². The van der Waals surface area contributed by atoms with Gasteiger partial charge in [-0.05, 0) is 42.2 Å². The monoisotopic (exact) mass is 428 g/mol. The van der Waals surface area contributed by atoms with Gasteiger partial charge in [-0.1, -0.05) is 55.2 Å². The molecular formula is C19H22Cl2N2O3S. The molecule has 146 valence electrons. The summed E-state index contributed by atoms with van der Waals surface area (Å²) in [5.41, 5.74) is 2.89. The van der Waals surface area contributed by atoms with Crippen LogP contribution >= 0.6 is 23.2 Å². The van der Waals surface area contributed by atoms with E-state index < -0.39 is 22.5 Å². The van der Waals surface area contributed by atoms with Gasteiger partial charge < -0.3 is 5.32 Å². The lowest BCUT2D eigenvalue weighted by atomic mass is 10.0. The van der Waals surface area contributed by atoms with E-state index in [0.717, 1.165) is 40.2 Å². The maximum Gasteiger partial charge on any atom is 0.245 e. The third-order valence-electron chi connectivity index (χ3n) is 4.13. The second-order valence-electron chi connectivity index (χ2n) is 6.07. The van der Waals surface area contributed by atoms with Gasteiger partial charge >= 0.3 is 0 Å². The van der Waals surface area contributed by atoms with Crippen LogP contribution in [0.3, 0.4) is 0 Å². The average Bonchev–Trinajstić information content (AvgIpc) is 2.61. The molecule has 2 aromatic carbocycles. The molecular weight excluding hydrogens is 407 g/mol. The molecule has 0 bridgehead atoms. The molecule has 0 aliphatic carbocycles. The van der Waals surface area contributed by atoms with Crippen LogP contribution in [0.2, 0.25) is 10.0 Å². The van der Waals surface area contributed by atoms with E-state index in [1.165, 1.54) is 12.1 Å². The number of sulfonamides is 1. The minimum atomic E-state index is -3.75. The molecule has 2 rings (SSSR count). The van der Waals surface area contributed by atoms with Crippen molar-refractivity contribution in [3.8, 4) is 0 Å². The van der Waals surface area contributed by atoms with Crippen LogP contribution in [0.1, 0.15) is 25.0 Å². The number of carbonyl (C=O) groups is 1. The first-order chi connectivity index (χ1) is 12.7. The molecule has 0 aromatic heterocycles. The predicted molar refractivity (Wildman–Crippen MR) is 112 cm³/mol. The van der Waals surface area contributed by atoms with Crippen molar-refractivity contribution >= 4 is 50.5 Å². The summed E-state index contributed by atoms with van der Waals surface area (Å²) < 4.78 is 25.5. The van der Waals surface area contributed by atoms with Gasteiger partial charge in [-0.3, -0.25) is 9.10 Å². The van der Waals surface area contributed by atoms with Gasteiger partial charge in [-0.2, -0.15) is 0 Å². The molecule has 0 unspecified atom stereocenters. The molecule has 5 nitrogen and oxygen atoms in total. The molecule has 0 fully saturated rings. The SMILES string of the molecule is CCc1cccc(CC)c1NC(=O)CN(c1cc(Cl)ccc1Cl)S(C)(=O)=O. The summed E-state index contributed by atoms with van der Waals surface area (Å²) in [6, 6.07) is 10.3. The first kappa shape index (κ1) is 21.5. The lowest BCUT2D eigenvalue weighted by Crippen LogP contribution is -2.37. The Kier molecular flexibility index (Phi) is 7.14. The highest BCUT2D eigenvalue weighted by Crippen LogP contribution is 2.31. The minimum absolute atomic E-state index is 0.168. The third-order valence-corrected chi connectivity index (χ3v) is 5.81. The Bertz CT molecular complexity index is 924. The second kappa shape index (κ2) is 8.95. The van der Waals surface area contributed by atoms with Crippen LogP contribution in [-0.4, -0.2) is 27.1 Å². The number of aryl methyl sites for hydroxylation is 2. The highest BCUT2D eigenvalue weighted by molar-refractivity contribution is 7.92. The molecule has 1 N–H and O–H groups in total. The van der Waals surface area contributed by atoms with Crippen molar-refractivity contribution in [3.63, 3.8) is 0 Å². The van der Waals surface area contributed by atoms with Crippen molar-refractivity contribution in [2.45, 2.75) is 26.7 Å². The lowest BCUT2D eigenvalue weighted by molar-refractivity contribution is -0.114. The number of amides is 1. The Hall–Kier alpha value is -1.76. The summed E-state index contributed by atoms with van der Waals surface area (Å²) in [6.07, 6.45) is 2.52. The van der Waals surface area contributed by atoms with Crippen molar-refractivity contribution in [2.24, 2.45) is 0 Å². The van der Waals surface area contributed by atoms with E-state index in [1.807, 2.05) is 32.0 Å². The zero-order chi connectivity index (χ0) is 20.2. The number of nitrogens with zero attached hydrogens (tertiary/aromatic N) is 1. The van der Waals surface area contributed by atoms with Gasteiger partial charge in [-0.15, -0.1) is 0 Å². The fourth-order valence-electron chi connectivity index (χ4n) is 2.77. The first-order valence-corrected chi connectivity index (χ1v) is 11.1. The first-order valence-electron chi connectivity index (χ1n) is 8.50. The van der Waals surface area contributed by atoms with Gasteiger partial charge in [0.2, 0.25) is 15.9 Å². The maximum absolute atomic E-state index is 12.7. The zero-order valence-electron chi connectivity index (χ0n) is 15.4. The number of rotatable bonds is 7. The van der Waals surface area contributed by atoms with E-state index in [-0.39, 0.29) is 10.7 Å². The molecule has 0 radical (unpaired) electrons. The number of nitrogens with one attached hydrogen (secondary N) is 1. The second-order valence-corrected chi connectivity index (χ2v) is 8.82. The van der Waals surface area contributed by atoms with E-state index in [0.29, 0.717) is 5.02 Å². The van der Waals surface area contributed by atoms with Crippen LogP contribution in [0, 0.1) is 0 Å². The summed E-state index contributed by atoms with van der Waals surface area (Å²) in [4.78, 5) is 12.7. The molecule has 0 atom stereocenters. The number of anilines is 2. The number of benzene rings is 2. The van der Waals surface area contributed by atoms with Crippen molar-refractivity contribution in [2.75, 3.05) is 22.4 Å². The molecule has 0 spiro atoms. The van der Waals surface area contributed by atoms with Gasteiger partial charge in [0.15, 0.2) is 0 Å². The van der Waals surface area contributed by atoms with Gasteiger partial charge in [0, 0.05) is 10.7 Å². The summed E-state index contributed by atoms with van der Waals surface area (Å²) >= 11 is 12.1. The van der Waals surface area contributed by atoms with Crippen LogP contribution in [0.5, 0.6) is 0 Å². The Morgan fingerprint density at radius 2 is 1.67 bits per heavy atom. The normalized spacial score (nSPS) is 11.3. The molecule has 27 heavy (non-hydrogen) atoms. The molecule has 1 amide bonds. The van der Waals surface area contributed by atoms with E-state index in [9.17, 15) is 13.2 Å². The van der Waals surface area contributed by atoms with Crippen LogP contribution in [0.25, 0.3) is 0 Å². The Balaban J connectivity index is 2.35. The fourth-order valence-corrected chi connectivity index (χ4v) is 4.07. The van der Waals surface area contributed by atoms with Crippen molar-refractivity contribution in [1.82, 2.24) is 0 Å². The average molecular weight is 429 g/mol. The standard InChI is InChI=1S/C19H22Cl2N2O3S/c1-4-13-7-6-8-14(5-2)19(13)22-18(24)12-23(27(3,25)26)17-11-15(20)9-10-16(17)21/h6-11H,4-5,12H2,1-3H3,(H,22,24). The topological polar surface area (TPSA) is 66.5 Å². The number of hydrogen-bond acceptors (Lipinski definition) is 3. The third kappa shape index (κ3) is 5.37. The number of para-hydroxylation sites is 1. The number of carbonyl (C=O) groups excluding carboxylic acids is 1. The lowest BCUT2D eigenvalue weighted by Gasteiger charge is -2.24. The summed E-state index contributed by atoms with van der Waals surface area (Å²) in [6.45, 7) is 3.60. The van der Waals surface area contributed by atoms with Crippen LogP contribution in [0.15, 0.2) is 36.4 Å². The molecule has 2 aromatic rings. The Morgan fingerprint density at radius 3 is 2.19 bits per heavy atom. The zero-order valence-corrected chi connectivity index (χ0v) is 17.7. The Labute approximate surface area is 170 Å². The molecule has 0 aliphatic heterocycles. The van der Waals surface area contributed by atoms with Crippen molar-refractivity contribution in [1.29, 1.82) is 0 Å². The minimum Gasteiger partial charge on any atom is -0.324 e. The fraction of sp³-hybridized carbons (Fsp3) is 0.316. The highest BCUT2D eigenvalue weighted by Gasteiger charge is 2.24. The van der Waals surface area contributed by atoms with E-state index in [1.54, 1.807) is 6.07 Å². The molecule has 0 saturated carbocycles. The van der Waals surface area contributed by atoms with Gasteiger partial charge in [-0.25, -0.2) is 8.42 Å². The number of halogens is 2. The maximum atomic E-state index is 12.7. The quantitative estimate of drug-likeness (QED) is 0.704. The molecule has 0 saturated heterocycles.